The number of hydrogen-bond donors (Lipinski definition) is 0. The van der Waals surface area contributed by atoms with Gasteiger partial charge in [0.2, 0.25) is 0 Å². The molecule has 0 bridgehead atoms. The zero-order valence-corrected chi connectivity index (χ0v) is 9.08. The first-order chi connectivity index (χ1) is 7.95. The van der Waals surface area contributed by atoms with Crippen LogP contribution in [-0.4, -0.2) is 12.3 Å². The molecule has 0 aliphatic heterocycles. The predicted octanol–water partition coefficient (Wildman–Crippen LogP) is 3.08. The molecular weight excluding hydrogens is 231 g/mol. The summed E-state index contributed by atoms with van der Waals surface area (Å²) in [6.07, 6.45) is 0.576. The largest absolute Gasteiger partial charge is 0.416 e. The molecule has 17 heavy (non-hydrogen) atoms. The van der Waals surface area contributed by atoms with Gasteiger partial charge in [-0.2, -0.15) is 13.2 Å². The monoisotopic (exact) mass is 241 g/mol. The lowest BCUT2D eigenvalue weighted by atomic mass is 10.1. The van der Waals surface area contributed by atoms with Gasteiger partial charge < -0.3 is 4.84 Å². The van der Waals surface area contributed by atoms with Crippen LogP contribution in [0.1, 0.15) is 18.1 Å². The molecule has 0 aliphatic carbocycles. The molecule has 0 saturated carbocycles. The van der Waals surface area contributed by atoms with Crippen LogP contribution in [0.25, 0.3) is 0 Å². The SMILES string of the molecule is C#CCON=C(C)c1cccc(C(F)(F)F)c1. The van der Waals surface area contributed by atoms with E-state index in [9.17, 15) is 13.2 Å². The van der Waals surface area contributed by atoms with Gasteiger partial charge in [-0.1, -0.05) is 23.2 Å². The van der Waals surface area contributed by atoms with Crippen LogP contribution in [0.15, 0.2) is 29.4 Å². The normalized spacial score (nSPS) is 12.1. The number of rotatable bonds is 3. The minimum Gasteiger partial charge on any atom is -0.382 e. The molecule has 0 atom stereocenters. The molecule has 5 heteroatoms. The lowest BCUT2D eigenvalue weighted by Gasteiger charge is -2.08. The molecule has 0 aliphatic rings. The fourth-order valence-corrected chi connectivity index (χ4v) is 1.14. The Labute approximate surface area is 97.1 Å². The molecule has 0 saturated heterocycles. The number of hydrogen-bond acceptors (Lipinski definition) is 2. The summed E-state index contributed by atoms with van der Waals surface area (Å²) in [6, 6.07) is 4.85. The van der Waals surface area contributed by atoms with Gasteiger partial charge in [-0.25, -0.2) is 0 Å². The van der Waals surface area contributed by atoms with Gasteiger partial charge in [0.25, 0.3) is 0 Å². The molecule has 0 aromatic heterocycles. The van der Waals surface area contributed by atoms with E-state index >= 15 is 0 Å². The maximum absolute atomic E-state index is 12.4. The first-order valence-corrected chi connectivity index (χ1v) is 4.73. The van der Waals surface area contributed by atoms with Gasteiger partial charge in [-0.3, -0.25) is 0 Å². The molecule has 1 aromatic carbocycles. The molecule has 1 aromatic rings. The molecule has 0 unspecified atom stereocenters. The molecule has 0 spiro atoms. The standard InChI is InChI=1S/C12H10F3NO/c1-3-7-17-16-9(2)10-5-4-6-11(8-10)12(13,14)15/h1,4-6,8H,7H2,2H3. The fraction of sp³-hybridized carbons (Fsp3) is 0.250. The van der Waals surface area contributed by atoms with Crippen LogP contribution in [0.4, 0.5) is 13.2 Å². The Hall–Kier alpha value is -1.96. The first-order valence-electron chi connectivity index (χ1n) is 4.73. The number of halogens is 3. The van der Waals surface area contributed by atoms with Crippen molar-refractivity contribution in [3.8, 4) is 12.3 Å². The summed E-state index contributed by atoms with van der Waals surface area (Å²) < 4.78 is 37.3. The van der Waals surface area contributed by atoms with Crippen molar-refractivity contribution in [1.82, 2.24) is 0 Å². The van der Waals surface area contributed by atoms with Gasteiger partial charge in [-0.15, -0.1) is 6.42 Å². The lowest BCUT2D eigenvalue weighted by Crippen LogP contribution is -2.06. The highest BCUT2D eigenvalue weighted by Gasteiger charge is 2.30. The summed E-state index contributed by atoms with van der Waals surface area (Å²) in [7, 11) is 0. The minimum atomic E-state index is -4.37. The highest BCUT2D eigenvalue weighted by molar-refractivity contribution is 5.98. The van der Waals surface area contributed by atoms with E-state index in [2.05, 4.69) is 11.1 Å². The summed E-state index contributed by atoms with van der Waals surface area (Å²) in [5.41, 5.74) is -0.0373. The van der Waals surface area contributed by atoms with Crippen molar-refractivity contribution in [3.05, 3.63) is 35.4 Å². The third-order valence-corrected chi connectivity index (χ3v) is 1.96. The summed E-state index contributed by atoms with van der Waals surface area (Å²) in [4.78, 5) is 4.70. The first kappa shape index (κ1) is 13.1. The second kappa shape index (κ2) is 5.39. The van der Waals surface area contributed by atoms with Gasteiger partial charge in [0.05, 0.1) is 11.3 Å². The Kier molecular flexibility index (Phi) is 4.16. The van der Waals surface area contributed by atoms with E-state index in [1.165, 1.54) is 12.1 Å². The van der Waals surface area contributed by atoms with Crippen LogP contribution in [0, 0.1) is 12.3 Å². The molecule has 0 radical (unpaired) electrons. The van der Waals surface area contributed by atoms with E-state index in [-0.39, 0.29) is 6.61 Å². The molecule has 0 amide bonds. The van der Waals surface area contributed by atoms with Crippen molar-refractivity contribution in [2.45, 2.75) is 13.1 Å². The van der Waals surface area contributed by atoms with Crippen molar-refractivity contribution < 1.29 is 18.0 Å². The minimum absolute atomic E-state index is 0.0176. The molecule has 0 N–H and O–H groups in total. The van der Waals surface area contributed by atoms with Gasteiger partial charge in [0, 0.05) is 0 Å². The lowest BCUT2D eigenvalue weighted by molar-refractivity contribution is -0.137. The average Bonchev–Trinajstić information content (AvgIpc) is 2.28. The van der Waals surface area contributed by atoms with E-state index in [1.54, 1.807) is 6.92 Å². The highest BCUT2D eigenvalue weighted by Crippen LogP contribution is 2.29. The second-order valence-electron chi connectivity index (χ2n) is 3.23. The Bertz CT molecular complexity index is 458. The number of oxime groups is 1. The zero-order valence-electron chi connectivity index (χ0n) is 9.08. The van der Waals surface area contributed by atoms with E-state index in [4.69, 9.17) is 11.3 Å². The summed E-state index contributed by atoms with van der Waals surface area (Å²) >= 11 is 0. The highest BCUT2D eigenvalue weighted by atomic mass is 19.4. The number of nitrogens with zero attached hydrogens (tertiary/aromatic N) is 1. The summed E-state index contributed by atoms with van der Waals surface area (Å²) in [6.45, 7) is 1.53. The molecule has 2 nitrogen and oxygen atoms in total. The van der Waals surface area contributed by atoms with Crippen LogP contribution < -0.4 is 0 Å². The Morgan fingerprint density at radius 1 is 1.47 bits per heavy atom. The molecule has 90 valence electrons. The van der Waals surface area contributed by atoms with Gasteiger partial charge in [-0.05, 0) is 24.6 Å². The van der Waals surface area contributed by atoms with E-state index in [0.717, 1.165) is 12.1 Å². The molecule has 0 fully saturated rings. The topological polar surface area (TPSA) is 21.6 Å². The molecular formula is C12H10F3NO. The maximum atomic E-state index is 12.4. The van der Waals surface area contributed by atoms with Crippen LogP contribution in [-0.2, 0) is 11.0 Å². The Morgan fingerprint density at radius 3 is 2.76 bits per heavy atom. The predicted molar refractivity (Wildman–Crippen MR) is 58.4 cm³/mol. The van der Waals surface area contributed by atoms with E-state index in [0.29, 0.717) is 11.3 Å². The van der Waals surface area contributed by atoms with Crippen molar-refractivity contribution in [2.24, 2.45) is 5.16 Å². The van der Waals surface area contributed by atoms with Gasteiger partial charge in [0.15, 0.2) is 6.61 Å². The van der Waals surface area contributed by atoms with E-state index in [1.807, 2.05) is 0 Å². The Balaban J connectivity index is 2.93. The average molecular weight is 241 g/mol. The number of benzene rings is 1. The van der Waals surface area contributed by atoms with Crippen LogP contribution in [0.5, 0.6) is 0 Å². The van der Waals surface area contributed by atoms with Gasteiger partial charge in [0.1, 0.15) is 0 Å². The van der Waals surface area contributed by atoms with Crippen molar-refractivity contribution in [2.75, 3.05) is 6.61 Å². The van der Waals surface area contributed by atoms with Crippen LogP contribution in [0.3, 0.4) is 0 Å². The second-order valence-corrected chi connectivity index (χ2v) is 3.23. The fourth-order valence-electron chi connectivity index (χ4n) is 1.14. The summed E-state index contributed by atoms with van der Waals surface area (Å²) in [5, 5.41) is 3.61. The smallest absolute Gasteiger partial charge is 0.382 e. The van der Waals surface area contributed by atoms with Crippen molar-refractivity contribution in [1.29, 1.82) is 0 Å². The third-order valence-electron chi connectivity index (χ3n) is 1.96. The Morgan fingerprint density at radius 2 is 2.18 bits per heavy atom. The summed E-state index contributed by atoms with van der Waals surface area (Å²) in [5.74, 6) is 2.20. The molecule has 0 heterocycles. The zero-order chi connectivity index (χ0) is 12.9. The number of terminal acetylenes is 1. The van der Waals surface area contributed by atoms with Crippen LogP contribution in [0.2, 0.25) is 0 Å². The molecule has 1 rings (SSSR count). The quantitative estimate of drug-likeness (QED) is 0.345. The third kappa shape index (κ3) is 3.83. The van der Waals surface area contributed by atoms with Crippen LogP contribution >= 0.6 is 0 Å². The number of alkyl halides is 3. The van der Waals surface area contributed by atoms with Gasteiger partial charge >= 0.3 is 6.18 Å². The van der Waals surface area contributed by atoms with E-state index < -0.39 is 11.7 Å². The van der Waals surface area contributed by atoms with Crippen molar-refractivity contribution >= 4 is 5.71 Å². The van der Waals surface area contributed by atoms with Crippen molar-refractivity contribution in [3.63, 3.8) is 0 Å². The maximum Gasteiger partial charge on any atom is 0.416 e.